The lowest BCUT2D eigenvalue weighted by atomic mass is 10.1. The van der Waals surface area contributed by atoms with Gasteiger partial charge in [-0.1, -0.05) is 12.1 Å². The number of aromatic nitrogens is 3. The van der Waals surface area contributed by atoms with Gasteiger partial charge in [0, 0.05) is 38.3 Å². The van der Waals surface area contributed by atoms with Crippen molar-refractivity contribution in [2.75, 3.05) is 6.54 Å². The second kappa shape index (κ2) is 6.23. The Morgan fingerprint density at radius 3 is 3.00 bits per heavy atom. The van der Waals surface area contributed by atoms with Crippen LogP contribution < -0.4 is 5.76 Å². The Hall–Kier alpha value is -2.83. The molecule has 7 heteroatoms. The summed E-state index contributed by atoms with van der Waals surface area (Å²) in [4.78, 5) is 26.7. The maximum atomic E-state index is 12.7. The number of carbonyl (C=O) groups excluding carboxylic acids is 1. The monoisotopic (exact) mass is 340 g/mol. The van der Waals surface area contributed by atoms with E-state index in [1.54, 1.807) is 10.7 Å². The Labute approximate surface area is 144 Å². The molecule has 1 fully saturated rings. The molecule has 3 aromatic rings. The number of likely N-dealkylation sites (tertiary alicyclic amines) is 1. The number of hydrogen-bond donors (Lipinski definition) is 0. The molecular formula is C18H20N4O3. The van der Waals surface area contributed by atoms with Gasteiger partial charge in [0.15, 0.2) is 5.58 Å². The Balaban J connectivity index is 1.50. The van der Waals surface area contributed by atoms with Gasteiger partial charge in [0.25, 0.3) is 0 Å². The smallest absolute Gasteiger partial charge is 0.408 e. The quantitative estimate of drug-likeness (QED) is 0.729. The minimum atomic E-state index is -0.417. The van der Waals surface area contributed by atoms with Gasteiger partial charge in [-0.15, -0.1) is 0 Å². The van der Waals surface area contributed by atoms with Gasteiger partial charge >= 0.3 is 5.76 Å². The number of fused-ring (bicyclic) bond motifs is 1. The summed E-state index contributed by atoms with van der Waals surface area (Å²) >= 11 is 0. The topological polar surface area (TPSA) is 73.3 Å². The molecule has 0 spiro atoms. The molecule has 0 radical (unpaired) electrons. The molecular weight excluding hydrogens is 320 g/mol. The fraction of sp³-hybridized carbons (Fsp3) is 0.389. The molecule has 1 amide bonds. The van der Waals surface area contributed by atoms with Gasteiger partial charge < -0.3 is 9.32 Å². The zero-order chi connectivity index (χ0) is 17.4. The highest BCUT2D eigenvalue weighted by atomic mass is 16.4. The molecule has 25 heavy (non-hydrogen) atoms. The normalized spacial score (nSPS) is 17.5. The first-order valence-electron chi connectivity index (χ1n) is 8.50. The third-order valence-electron chi connectivity index (χ3n) is 4.81. The van der Waals surface area contributed by atoms with Crippen molar-refractivity contribution in [2.24, 2.45) is 7.05 Å². The molecule has 130 valence electrons. The summed E-state index contributed by atoms with van der Waals surface area (Å²) in [6.07, 6.45) is 6.00. The van der Waals surface area contributed by atoms with E-state index in [1.807, 2.05) is 42.5 Å². The maximum Gasteiger partial charge on any atom is 0.419 e. The average Bonchev–Trinajstić information content (AvgIpc) is 3.30. The third-order valence-corrected chi connectivity index (χ3v) is 4.81. The summed E-state index contributed by atoms with van der Waals surface area (Å²) in [7, 11) is 1.88. The van der Waals surface area contributed by atoms with E-state index in [1.165, 1.54) is 4.57 Å². The Bertz CT molecular complexity index is 968. The van der Waals surface area contributed by atoms with Crippen molar-refractivity contribution in [1.29, 1.82) is 0 Å². The van der Waals surface area contributed by atoms with Crippen LogP contribution in [-0.4, -0.2) is 31.7 Å². The number of oxazole rings is 1. The lowest BCUT2D eigenvalue weighted by Crippen LogP contribution is -2.31. The lowest BCUT2D eigenvalue weighted by molar-refractivity contribution is -0.132. The predicted molar refractivity (Wildman–Crippen MR) is 92.0 cm³/mol. The predicted octanol–water partition coefficient (Wildman–Crippen LogP) is 2.08. The largest absolute Gasteiger partial charge is 0.419 e. The number of amides is 1. The fourth-order valence-corrected chi connectivity index (χ4v) is 3.60. The number of nitrogens with zero attached hydrogens (tertiary/aromatic N) is 4. The first-order valence-corrected chi connectivity index (χ1v) is 8.50. The summed E-state index contributed by atoms with van der Waals surface area (Å²) in [6.45, 7) is 1.07. The minimum absolute atomic E-state index is 0.0588. The highest BCUT2D eigenvalue weighted by Gasteiger charge is 2.30. The van der Waals surface area contributed by atoms with E-state index in [4.69, 9.17) is 4.42 Å². The van der Waals surface area contributed by atoms with E-state index >= 15 is 0 Å². The highest BCUT2D eigenvalue weighted by Crippen LogP contribution is 2.32. The molecule has 0 saturated carbocycles. The number of carbonyl (C=O) groups is 1. The van der Waals surface area contributed by atoms with Crippen molar-refractivity contribution < 1.29 is 9.21 Å². The van der Waals surface area contributed by atoms with E-state index in [-0.39, 0.29) is 18.4 Å². The second-order valence-electron chi connectivity index (χ2n) is 6.43. The van der Waals surface area contributed by atoms with Crippen LogP contribution in [0.5, 0.6) is 0 Å². The molecule has 3 heterocycles. The fourth-order valence-electron chi connectivity index (χ4n) is 3.60. The number of aryl methyl sites for hydroxylation is 2. The van der Waals surface area contributed by atoms with Crippen LogP contribution >= 0.6 is 0 Å². The summed E-state index contributed by atoms with van der Waals surface area (Å²) < 4.78 is 8.51. The summed E-state index contributed by atoms with van der Waals surface area (Å²) in [5.41, 5.74) is 2.35. The van der Waals surface area contributed by atoms with Crippen LogP contribution in [-0.2, 0) is 18.4 Å². The van der Waals surface area contributed by atoms with Crippen molar-refractivity contribution in [1.82, 2.24) is 19.2 Å². The zero-order valence-electron chi connectivity index (χ0n) is 14.1. The van der Waals surface area contributed by atoms with Crippen LogP contribution in [0.4, 0.5) is 0 Å². The van der Waals surface area contributed by atoms with Gasteiger partial charge in [0.2, 0.25) is 5.91 Å². The minimum Gasteiger partial charge on any atom is -0.408 e. The average molecular weight is 340 g/mol. The molecule has 7 nitrogen and oxygen atoms in total. The molecule has 2 aromatic heterocycles. The number of para-hydroxylation sites is 2. The van der Waals surface area contributed by atoms with Crippen LogP contribution in [0.3, 0.4) is 0 Å². The van der Waals surface area contributed by atoms with Gasteiger partial charge in [-0.05, 0) is 25.0 Å². The van der Waals surface area contributed by atoms with E-state index in [2.05, 4.69) is 5.10 Å². The Morgan fingerprint density at radius 1 is 1.36 bits per heavy atom. The summed E-state index contributed by atoms with van der Waals surface area (Å²) in [6, 6.07) is 7.35. The third kappa shape index (κ3) is 2.86. The molecule has 0 N–H and O–H groups in total. The van der Waals surface area contributed by atoms with Crippen LogP contribution in [0.2, 0.25) is 0 Å². The van der Waals surface area contributed by atoms with Gasteiger partial charge in [-0.25, -0.2) is 4.79 Å². The zero-order valence-corrected chi connectivity index (χ0v) is 14.1. The van der Waals surface area contributed by atoms with Gasteiger partial charge in [-0.3, -0.25) is 14.0 Å². The highest BCUT2D eigenvalue weighted by molar-refractivity contribution is 5.77. The van der Waals surface area contributed by atoms with E-state index in [9.17, 15) is 9.59 Å². The molecule has 1 saturated heterocycles. The molecule has 1 aromatic carbocycles. The SMILES string of the molecule is Cn1cc([C@@H]2CCCN2C(=O)CCn2c(=O)oc3ccccc32)cn1. The van der Waals surface area contributed by atoms with Crippen molar-refractivity contribution in [3.05, 3.63) is 52.8 Å². The standard InChI is InChI=1S/C18H20N4O3/c1-20-12-13(11-19-20)14-6-4-9-21(14)17(23)8-10-22-15-5-2-3-7-16(15)25-18(22)24/h2-3,5,7,11-12,14H,4,6,8-10H2,1H3/t14-/m0/s1. The Morgan fingerprint density at radius 2 is 2.20 bits per heavy atom. The van der Waals surface area contributed by atoms with Gasteiger partial charge in [-0.2, -0.15) is 5.10 Å². The maximum absolute atomic E-state index is 12.7. The molecule has 0 aliphatic carbocycles. The second-order valence-corrected chi connectivity index (χ2v) is 6.43. The van der Waals surface area contributed by atoms with E-state index < -0.39 is 5.76 Å². The van der Waals surface area contributed by atoms with Crippen LogP contribution in [0.1, 0.15) is 30.9 Å². The molecule has 0 bridgehead atoms. The molecule has 4 rings (SSSR count). The summed E-state index contributed by atoms with van der Waals surface area (Å²) in [5, 5.41) is 4.21. The van der Waals surface area contributed by atoms with E-state index in [0.717, 1.165) is 30.5 Å². The van der Waals surface area contributed by atoms with Crippen molar-refractivity contribution in [3.8, 4) is 0 Å². The first-order chi connectivity index (χ1) is 12.1. The number of benzene rings is 1. The number of hydrogen-bond acceptors (Lipinski definition) is 4. The van der Waals surface area contributed by atoms with Gasteiger partial charge in [0.05, 0.1) is 17.8 Å². The lowest BCUT2D eigenvalue weighted by Gasteiger charge is -2.24. The van der Waals surface area contributed by atoms with Crippen LogP contribution in [0, 0.1) is 0 Å². The van der Waals surface area contributed by atoms with Crippen molar-refractivity contribution in [3.63, 3.8) is 0 Å². The molecule has 1 atom stereocenters. The molecule has 1 aliphatic heterocycles. The number of rotatable bonds is 4. The van der Waals surface area contributed by atoms with E-state index in [0.29, 0.717) is 12.1 Å². The Kier molecular flexibility index (Phi) is 3.91. The van der Waals surface area contributed by atoms with Crippen molar-refractivity contribution in [2.45, 2.75) is 31.8 Å². The van der Waals surface area contributed by atoms with Crippen molar-refractivity contribution >= 4 is 17.0 Å². The molecule has 1 aliphatic rings. The first kappa shape index (κ1) is 15.7. The molecule has 0 unspecified atom stereocenters. The van der Waals surface area contributed by atoms with Gasteiger partial charge in [0.1, 0.15) is 0 Å². The summed E-state index contributed by atoms with van der Waals surface area (Å²) in [5.74, 6) is -0.359. The van der Waals surface area contributed by atoms with Crippen LogP contribution in [0.15, 0.2) is 45.9 Å². The van der Waals surface area contributed by atoms with Crippen LogP contribution in [0.25, 0.3) is 11.1 Å².